The van der Waals surface area contributed by atoms with E-state index < -0.39 is 0 Å². The number of fused-ring (bicyclic) bond motifs is 1. The predicted molar refractivity (Wildman–Crippen MR) is 98.1 cm³/mol. The number of rotatable bonds is 6. The molecule has 2 nitrogen and oxygen atoms in total. The van der Waals surface area contributed by atoms with Crippen molar-refractivity contribution in [1.82, 2.24) is 0 Å². The third kappa shape index (κ3) is 3.43. The first-order chi connectivity index (χ1) is 11.7. The van der Waals surface area contributed by atoms with Crippen LogP contribution in [0.1, 0.15) is 53.2 Å². The molecule has 1 aliphatic rings. The molecule has 0 spiro atoms. The normalized spacial score (nSPS) is 13.1. The van der Waals surface area contributed by atoms with Gasteiger partial charge in [0.05, 0.1) is 12.7 Å². The van der Waals surface area contributed by atoms with Crippen molar-refractivity contribution in [1.29, 1.82) is 0 Å². The Hall–Kier alpha value is -2.35. The molecule has 24 heavy (non-hydrogen) atoms. The molecule has 0 fully saturated rings. The predicted octanol–water partition coefficient (Wildman–Crippen LogP) is 5.22. The van der Waals surface area contributed by atoms with Crippen LogP contribution in [-0.2, 0) is 17.6 Å². The van der Waals surface area contributed by atoms with Crippen LogP contribution in [0.5, 0.6) is 0 Å². The molecule has 2 aromatic carbocycles. The minimum atomic E-state index is -0.282. The fourth-order valence-electron chi connectivity index (χ4n) is 3.43. The molecule has 0 amide bonds. The SMILES string of the molecule is CCCCC1=C(Cc2ccc(C(=O)OC)cc2)c2ccccc2C1. The van der Waals surface area contributed by atoms with E-state index in [0.717, 1.165) is 12.8 Å². The van der Waals surface area contributed by atoms with Gasteiger partial charge in [0.15, 0.2) is 0 Å². The number of ether oxygens (including phenoxy) is 1. The fraction of sp³-hybridized carbons (Fsp3) is 0.318. The van der Waals surface area contributed by atoms with Gasteiger partial charge in [0.1, 0.15) is 0 Å². The van der Waals surface area contributed by atoms with E-state index in [4.69, 9.17) is 4.74 Å². The van der Waals surface area contributed by atoms with E-state index >= 15 is 0 Å². The number of benzene rings is 2. The van der Waals surface area contributed by atoms with Crippen molar-refractivity contribution in [3.05, 3.63) is 76.4 Å². The molecular weight excluding hydrogens is 296 g/mol. The maximum Gasteiger partial charge on any atom is 0.337 e. The Kier molecular flexibility index (Phi) is 5.14. The molecule has 0 aliphatic heterocycles. The molecule has 0 bridgehead atoms. The van der Waals surface area contributed by atoms with Crippen molar-refractivity contribution < 1.29 is 9.53 Å². The Labute approximate surface area is 144 Å². The van der Waals surface area contributed by atoms with Gasteiger partial charge >= 0.3 is 5.97 Å². The molecule has 0 heterocycles. The molecule has 0 N–H and O–H groups in total. The molecule has 0 aromatic heterocycles. The van der Waals surface area contributed by atoms with Gasteiger partial charge in [0.2, 0.25) is 0 Å². The first-order valence-electron chi connectivity index (χ1n) is 8.69. The number of carbonyl (C=O) groups is 1. The standard InChI is InChI=1S/C22H24O2/c1-3-4-7-19-15-18-8-5-6-9-20(18)21(19)14-16-10-12-17(13-11-16)22(23)24-2/h5-6,8-13H,3-4,7,14-15H2,1-2H3. The van der Waals surface area contributed by atoms with Crippen molar-refractivity contribution in [2.75, 3.05) is 7.11 Å². The largest absolute Gasteiger partial charge is 0.465 e. The van der Waals surface area contributed by atoms with E-state index in [9.17, 15) is 4.79 Å². The lowest BCUT2D eigenvalue weighted by molar-refractivity contribution is 0.0600. The summed E-state index contributed by atoms with van der Waals surface area (Å²) in [6.45, 7) is 2.24. The number of hydrogen-bond acceptors (Lipinski definition) is 2. The minimum Gasteiger partial charge on any atom is -0.465 e. The number of esters is 1. The van der Waals surface area contributed by atoms with Crippen LogP contribution in [0.25, 0.3) is 5.57 Å². The molecule has 0 atom stereocenters. The summed E-state index contributed by atoms with van der Waals surface area (Å²) in [6, 6.07) is 16.5. The second-order valence-corrected chi connectivity index (χ2v) is 6.38. The van der Waals surface area contributed by atoms with Gasteiger partial charge in [-0.3, -0.25) is 0 Å². The Balaban J connectivity index is 1.86. The molecule has 0 saturated heterocycles. The summed E-state index contributed by atoms with van der Waals surface area (Å²) in [5.74, 6) is -0.282. The first-order valence-corrected chi connectivity index (χ1v) is 8.69. The van der Waals surface area contributed by atoms with Gasteiger partial charge in [-0.15, -0.1) is 0 Å². The molecule has 1 aliphatic carbocycles. The van der Waals surface area contributed by atoms with Crippen molar-refractivity contribution in [3.63, 3.8) is 0 Å². The molecular formula is C22H24O2. The smallest absolute Gasteiger partial charge is 0.337 e. The minimum absolute atomic E-state index is 0.282. The lowest BCUT2D eigenvalue weighted by Gasteiger charge is -2.10. The van der Waals surface area contributed by atoms with Gasteiger partial charge < -0.3 is 4.74 Å². The van der Waals surface area contributed by atoms with E-state index in [0.29, 0.717) is 5.56 Å². The molecule has 0 saturated carbocycles. The molecule has 2 heteroatoms. The van der Waals surface area contributed by atoms with Gasteiger partial charge in [-0.05, 0) is 60.1 Å². The summed E-state index contributed by atoms with van der Waals surface area (Å²) < 4.78 is 4.77. The average Bonchev–Trinajstić information content (AvgIpc) is 2.97. The highest BCUT2D eigenvalue weighted by Crippen LogP contribution is 2.37. The zero-order valence-electron chi connectivity index (χ0n) is 14.5. The van der Waals surface area contributed by atoms with E-state index in [1.165, 1.54) is 48.6 Å². The lowest BCUT2D eigenvalue weighted by Crippen LogP contribution is -2.01. The van der Waals surface area contributed by atoms with Gasteiger partial charge in [0.25, 0.3) is 0 Å². The summed E-state index contributed by atoms with van der Waals surface area (Å²) in [7, 11) is 1.41. The van der Waals surface area contributed by atoms with E-state index in [1.54, 1.807) is 5.57 Å². The third-order valence-electron chi connectivity index (χ3n) is 4.76. The van der Waals surface area contributed by atoms with Crippen LogP contribution in [0.15, 0.2) is 54.1 Å². The van der Waals surface area contributed by atoms with Crippen LogP contribution in [0.4, 0.5) is 0 Å². The van der Waals surface area contributed by atoms with E-state index in [2.05, 4.69) is 31.2 Å². The van der Waals surface area contributed by atoms with Crippen LogP contribution in [0, 0.1) is 0 Å². The number of methoxy groups -OCH3 is 1. The topological polar surface area (TPSA) is 26.3 Å². The van der Waals surface area contributed by atoms with Gasteiger partial charge in [0, 0.05) is 0 Å². The molecule has 0 radical (unpaired) electrons. The number of hydrogen-bond donors (Lipinski definition) is 0. The Bertz CT molecular complexity index is 754. The van der Waals surface area contributed by atoms with Crippen LogP contribution < -0.4 is 0 Å². The van der Waals surface area contributed by atoms with Gasteiger partial charge in [-0.1, -0.05) is 55.3 Å². The average molecular weight is 320 g/mol. The highest BCUT2D eigenvalue weighted by molar-refractivity contribution is 5.89. The summed E-state index contributed by atoms with van der Waals surface area (Å²) in [4.78, 5) is 11.6. The second kappa shape index (κ2) is 7.48. The first kappa shape index (κ1) is 16.5. The van der Waals surface area contributed by atoms with Gasteiger partial charge in [-0.2, -0.15) is 0 Å². The van der Waals surface area contributed by atoms with Gasteiger partial charge in [-0.25, -0.2) is 4.79 Å². The fourth-order valence-corrected chi connectivity index (χ4v) is 3.43. The third-order valence-corrected chi connectivity index (χ3v) is 4.76. The maximum absolute atomic E-state index is 11.6. The van der Waals surface area contributed by atoms with Crippen LogP contribution in [0.2, 0.25) is 0 Å². The Morgan fingerprint density at radius 2 is 1.83 bits per heavy atom. The quantitative estimate of drug-likeness (QED) is 0.682. The second-order valence-electron chi connectivity index (χ2n) is 6.38. The monoisotopic (exact) mass is 320 g/mol. The molecule has 2 aromatic rings. The van der Waals surface area contributed by atoms with Crippen molar-refractivity contribution >= 4 is 11.5 Å². The van der Waals surface area contributed by atoms with Crippen molar-refractivity contribution in [2.45, 2.75) is 39.0 Å². The maximum atomic E-state index is 11.6. The van der Waals surface area contributed by atoms with Crippen molar-refractivity contribution in [2.24, 2.45) is 0 Å². The summed E-state index contributed by atoms with van der Waals surface area (Å²) in [5, 5.41) is 0. The molecule has 0 unspecified atom stereocenters. The van der Waals surface area contributed by atoms with Crippen LogP contribution >= 0.6 is 0 Å². The molecule has 124 valence electrons. The highest BCUT2D eigenvalue weighted by Gasteiger charge is 2.20. The molecule has 3 rings (SSSR count). The number of unbranched alkanes of at least 4 members (excludes halogenated alkanes) is 1. The van der Waals surface area contributed by atoms with Crippen molar-refractivity contribution in [3.8, 4) is 0 Å². The zero-order valence-corrected chi connectivity index (χ0v) is 14.5. The summed E-state index contributed by atoms with van der Waals surface area (Å²) >= 11 is 0. The Morgan fingerprint density at radius 1 is 1.08 bits per heavy atom. The van der Waals surface area contributed by atoms with E-state index in [1.807, 2.05) is 24.3 Å². The van der Waals surface area contributed by atoms with E-state index in [-0.39, 0.29) is 5.97 Å². The van der Waals surface area contributed by atoms with Crippen LogP contribution in [0.3, 0.4) is 0 Å². The summed E-state index contributed by atoms with van der Waals surface area (Å²) in [5.41, 5.74) is 7.75. The number of carbonyl (C=O) groups excluding carboxylic acids is 1. The Morgan fingerprint density at radius 3 is 2.54 bits per heavy atom. The lowest BCUT2D eigenvalue weighted by atomic mass is 9.95. The van der Waals surface area contributed by atoms with Crippen LogP contribution in [-0.4, -0.2) is 13.1 Å². The zero-order chi connectivity index (χ0) is 16.9. The number of allylic oxidation sites excluding steroid dienone is 2. The summed E-state index contributed by atoms with van der Waals surface area (Å²) in [6.07, 6.45) is 5.67. The highest BCUT2D eigenvalue weighted by atomic mass is 16.5.